The minimum Gasteiger partial charge on any atom is -0.411 e. The normalized spacial score (nSPS) is 11.8. The van der Waals surface area contributed by atoms with Gasteiger partial charge < -0.3 is 10.9 Å². The van der Waals surface area contributed by atoms with Gasteiger partial charge in [0, 0.05) is 6.42 Å². The third kappa shape index (κ3) is 2.55. The van der Waals surface area contributed by atoms with E-state index in [1.165, 1.54) is 0 Å². The zero-order valence-electron chi connectivity index (χ0n) is 8.97. The SMILES string of the molecule is Nc1nonc1/C(Cc1ccc(Cl)c(Cl)c1)=N/O. The molecule has 0 fully saturated rings. The lowest BCUT2D eigenvalue weighted by Crippen LogP contribution is -2.08. The molecule has 8 heteroatoms. The van der Waals surface area contributed by atoms with E-state index in [1.54, 1.807) is 18.2 Å². The fourth-order valence-electron chi connectivity index (χ4n) is 1.41. The van der Waals surface area contributed by atoms with Gasteiger partial charge in [0.15, 0.2) is 11.5 Å². The highest BCUT2D eigenvalue weighted by Crippen LogP contribution is 2.23. The third-order valence-electron chi connectivity index (χ3n) is 2.26. The topological polar surface area (TPSA) is 97.5 Å². The average Bonchev–Trinajstić information content (AvgIpc) is 2.77. The molecule has 94 valence electrons. The van der Waals surface area contributed by atoms with E-state index in [4.69, 9.17) is 34.1 Å². The van der Waals surface area contributed by atoms with Gasteiger partial charge in [0.1, 0.15) is 5.71 Å². The van der Waals surface area contributed by atoms with Crippen LogP contribution in [0, 0.1) is 0 Å². The predicted octanol–water partition coefficient (Wildman–Crippen LogP) is 2.38. The maximum absolute atomic E-state index is 8.97. The van der Waals surface area contributed by atoms with Crippen molar-refractivity contribution in [2.45, 2.75) is 6.42 Å². The second kappa shape index (κ2) is 5.24. The molecule has 1 aromatic heterocycles. The number of benzene rings is 1. The first kappa shape index (κ1) is 12.7. The van der Waals surface area contributed by atoms with E-state index in [-0.39, 0.29) is 23.6 Å². The number of anilines is 1. The monoisotopic (exact) mass is 286 g/mol. The van der Waals surface area contributed by atoms with E-state index >= 15 is 0 Å². The van der Waals surface area contributed by atoms with Gasteiger partial charge >= 0.3 is 0 Å². The van der Waals surface area contributed by atoms with Crippen molar-refractivity contribution in [1.82, 2.24) is 10.3 Å². The number of oxime groups is 1. The van der Waals surface area contributed by atoms with Crippen LogP contribution in [0.2, 0.25) is 10.0 Å². The van der Waals surface area contributed by atoms with Gasteiger partial charge in [-0.1, -0.05) is 34.4 Å². The molecule has 0 saturated heterocycles. The summed E-state index contributed by atoms with van der Waals surface area (Å²) in [7, 11) is 0. The molecule has 0 spiro atoms. The number of nitrogens with two attached hydrogens (primary N) is 1. The molecule has 0 bridgehead atoms. The van der Waals surface area contributed by atoms with Crippen LogP contribution in [0.25, 0.3) is 0 Å². The van der Waals surface area contributed by atoms with E-state index in [0.717, 1.165) is 5.56 Å². The number of halogens is 2. The maximum Gasteiger partial charge on any atom is 0.197 e. The number of hydrogen-bond acceptors (Lipinski definition) is 6. The van der Waals surface area contributed by atoms with Crippen molar-refractivity contribution >= 4 is 34.7 Å². The number of rotatable bonds is 3. The molecule has 2 rings (SSSR count). The molecular formula is C10H8Cl2N4O2. The lowest BCUT2D eigenvalue weighted by Gasteiger charge is -2.03. The average molecular weight is 287 g/mol. The molecule has 0 aliphatic heterocycles. The van der Waals surface area contributed by atoms with Gasteiger partial charge in [0.05, 0.1) is 10.0 Å². The molecule has 1 aromatic carbocycles. The Morgan fingerprint density at radius 3 is 2.67 bits per heavy atom. The summed E-state index contributed by atoms with van der Waals surface area (Å²) in [6, 6.07) is 5.07. The van der Waals surface area contributed by atoms with Crippen LogP contribution in [0.1, 0.15) is 11.3 Å². The molecular weight excluding hydrogens is 279 g/mol. The van der Waals surface area contributed by atoms with E-state index in [9.17, 15) is 0 Å². The number of nitrogen functional groups attached to an aromatic ring is 1. The van der Waals surface area contributed by atoms with Gasteiger partial charge in [-0.25, -0.2) is 4.63 Å². The van der Waals surface area contributed by atoms with Gasteiger partial charge in [-0.2, -0.15) is 0 Å². The molecule has 6 nitrogen and oxygen atoms in total. The van der Waals surface area contributed by atoms with Crippen LogP contribution in [0.15, 0.2) is 28.0 Å². The van der Waals surface area contributed by atoms with Crippen molar-refractivity contribution in [2.75, 3.05) is 5.73 Å². The quantitative estimate of drug-likeness (QED) is 0.513. The fourth-order valence-corrected chi connectivity index (χ4v) is 1.73. The maximum atomic E-state index is 8.97. The summed E-state index contributed by atoms with van der Waals surface area (Å²) in [5, 5.41) is 19.9. The molecule has 3 N–H and O–H groups in total. The Kier molecular flexibility index (Phi) is 3.69. The Balaban J connectivity index is 2.27. The first-order chi connectivity index (χ1) is 8.61. The Morgan fingerprint density at radius 1 is 1.33 bits per heavy atom. The molecule has 0 aliphatic rings. The zero-order chi connectivity index (χ0) is 13.1. The lowest BCUT2D eigenvalue weighted by atomic mass is 10.1. The minimum absolute atomic E-state index is 0.0582. The van der Waals surface area contributed by atoms with E-state index in [0.29, 0.717) is 10.0 Å². The van der Waals surface area contributed by atoms with Crippen LogP contribution < -0.4 is 5.73 Å². The van der Waals surface area contributed by atoms with E-state index < -0.39 is 0 Å². The molecule has 0 amide bonds. The number of nitrogens with zero attached hydrogens (tertiary/aromatic N) is 3. The van der Waals surface area contributed by atoms with Gasteiger partial charge in [-0.05, 0) is 28.0 Å². The summed E-state index contributed by atoms with van der Waals surface area (Å²) in [5.41, 5.74) is 6.74. The van der Waals surface area contributed by atoms with Gasteiger partial charge in [-0.3, -0.25) is 0 Å². The highest BCUT2D eigenvalue weighted by molar-refractivity contribution is 6.42. The Hall–Kier alpha value is -1.79. The summed E-state index contributed by atoms with van der Waals surface area (Å²) < 4.78 is 4.44. The van der Waals surface area contributed by atoms with Crippen molar-refractivity contribution in [3.8, 4) is 0 Å². The summed E-state index contributed by atoms with van der Waals surface area (Å²) in [4.78, 5) is 0. The smallest absolute Gasteiger partial charge is 0.197 e. The molecule has 0 aliphatic carbocycles. The van der Waals surface area contributed by atoms with Gasteiger partial charge in [0.25, 0.3) is 0 Å². The third-order valence-corrected chi connectivity index (χ3v) is 3.00. The first-order valence-corrected chi connectivity index (χ1v) is 5.60. The highest BCUT2D eigenvalue weighted by atomic mass is 35.5. The molecule has 0 radical (unpaired) electrons. The van der Waals surface area contributed by atoms with Gasteiger partial charge in [-0.15, -0.1) is 0 Å². The number of aromatic nitrogens is 2. The Labute approximate surface area is 112 Å². The second-order valence-corrected chi connectivity index (χ2v) is 4.28. The van der Waals surface area contributed by atoms with Crippen LogP contribution in [-0.2, 0) is 6.42 Å². The molecule has 2 aromatic rings. The molecule has 0 atom stereocenters. The van der Waals surface area contributed by atoms with Crippen molar-refractivity contribution in [3.63, 3.8) is 0 Å². The summed E-state index contributed by atoms with van der Waals surface area (Å²) in [5.74, 6) is 0.0582. The van der Waals surface area contributed by atoms with Crippen LogP contribution in [-0.4, -0.2) is 21.2 Å². The van der Waals surface area contributed by atoms with Crippen LogP contribution in [0.5, 0.6) is 0 Å². The van der Waals surface area contributed by atoms with Crippen molar-refractivity contribution < 1.29 is 9.84 Å². The number of hydrogen-bond donors (Lipinski definition) is 2. The molecule has 0 saturated carbocycles. The predicted molar refractivity (Wildman–Crippen MR) is 67.2 cm³/mol. The van der Waals surface area contributed by atoms with Crippen LogP contribution >= 0.6 is 23.2 Å². The van der Waals surface area contributed by atoms with Crippen molar-refractivity contribution in [1.29, 1.82) is 0 Å². The lowest BCUT2D eigenvalue weighted by molar-refractivity contribution is 0.304. The second-order valence-electron chi connectivity index (χ2n) is 3.47. The van der Waals surface area contributed by atoms with Crippen LogP contribution in [0.4, 0.5) is 5.82 Å². The van der Waals surface area contributed by atoms with Crippen molar-refractivity contribution in [2.24, 2.45) is 5.16 Å². The van der Waals surface area contributed by atoms with Gasteiger partial charge in [0.2, 0.25) is 0 Å². The largest absolute Gasteiger partial charge is 0.411 e. The van der Waals surface area contributed by atoms with E-state index in [2.05, 4.69) is 20.1 Å². The summed E-state index contributed by atoms with van der Waals surface area (Å²) in [6.45, 7) is 0. The summed E-state index contributed by atoms with van der Waals surface area (Å²) >= 11 is 11.7. The van der Waals surface area contributed by atoms with Crippen molar-refractivity contribution in [3.05, 3.63) is 39.5 Å². The van der Waals surface area contributed by atoms with Crippen LogP contribution in [0.3, 0.4) is 0 Å². The molecule has 0 unspecified atom stereocenters. The Bertz CT molecular complexity index is 597. The molecule has 18 heavy (non-hydrogen) atoms. The minimum atomic E-state index is 0.0582. The Morgan fingerprint density at radius 2 is 2.11 bits per heavy atom. The highest BCUT2D eigenvalue weighted by Gasteiger charge is 2.15. The standard InChI is InChI=1S/C10H8Cl2N4O2/c11-6-2-1-5(3-7(6)12)4-8(14-17)9-10(13)16-18-15-9/h1-3,17H,4H2,(H2,13,16)/b14-8+. The first-order valence-electron chi connectivity index (χ1n) is 4.85. The molecule has 1 heterocycles. The fraction of sp³-hybridized carbons (Fsp3) is 0.100. The summed E-state index contributed by atoms with van der Waals surface area (Å²) in [6.07, 6.45) is 0.270. The van der Waals surface area contributed by atoms with E-state index in [1.807, 2.05) is 0 Å². The zero-order valence-corrected chi connectivity index (χ0v) is 10.5.